The van der Waals surface area contributed by atoms with Crippen LogP contribution in [-0.2, 0) is 19.2 Å². The highest BCUT2D eigenvalue weighted by Gasteiger charge is 2.47. The highest BCUT2D eigenvalue weighted by atomic mass is 16.4. The predicted octanol–water partition coefficient (Wildman–Crippen LogP) is 2.06. The molecule has 2 aliphatic rings. The van der Waals surface area contributed by atoms with Crippen LogP contribution >= 0.6 is 0 Å². The van der Waals surface area contributed by atoms with E-state index in [4.69, 9.17) is 5.73 Å². The van der Waals surface area contributed by atoms with Gasteiger partial charge in [-0.2, -0.15) is 0 Å². The van der Waals surface area contributed by atoms with Gasteiger partial charge in [-0.1, -0.05) is 31.0 Å². The van der Waals surface area contributed by atoms with E-state index in [1.807, 2.05) is 24.3 Å². The second kappa shape index (κ2) is 14.2. The third kappa shape index (κ3) is 7.41. The molecule has 2 fully saturated rings. The van der Waals surface area contributed by atoms with Crippen molar-refractivity contribution in [3.63, 3.8) is 0 Å². The standard InChI is InChI=1S/C30H39N5O7/c31-14-6-5-10-22(33-27(37)20-15-18-7-1-3-9-21(18)32-17-20)28(38)34-23(29(39)40)12-13-26(36)35-24-11-4-2-8-19(24)16-25(35)30(41)42/h1,3,7,9,15,17,19,22-25H,2,4-6,8,10-14,16,31H2,(H,33,37)(H,34,38)(H,39,40)(H,41,42)/t19-,22-,23+,24-,25-/m0/s1. The first-order chi connectivity index (χ1) is 20.2. The van der Waals surface area contributed by atoms with Crippen LogP contribution in [0.5, 0.6) is 0 Å². The molecule has 12 nitrogen and oxygen atoms in total. The fraction of sp³-hybridized carbons (Fsp3) is 0.533. The second-order valence-electron chi connectivity index (χ2n) is 11.2. The fourth-order valence-electron chi connectivity index (χ4n) is 6.16. The monoisotopic (exact) mass is 581 g/mol. The van der Waals surface area contributed by atoms with Crippen molar-refractivity contribution in [2.75, 3.05) is 6.54 Å². The molecule has 6 N–H and O–H groups in total. The maximum absolute atomic E-state index is 13.3. The average molecular weight is 582 g/mol. The molecule has 1 aromatic heterocycles. The maximum atomic E-state index is 13.3. The molecule has 1 aliphatic heterocycles. The van der Waals surface area contributed by atoms with Crippen molar-refractivity contribution in [3.05, 3.63) is 42.1 Å². The summed E-state index contributed by atoms with van der Waals surface area (Å²) >= 11 is 0. The highest BCUT2D eigenvalue weighted by Crippen LogP contribution is 2.40. The Kier molecular flexibility index (Phi) is 10.5. The number of hydrogen-bond acceptors (Lipinski definition) is 7. The van der Waals surface area contributed by atoms with E-state index in [2.05, 4.69) is 15.6 Å². The van der Waals surface area contributed by atoms with Crippen LogP contribution < -0.4 is 16.4 Å². The summed E-state index contributed by atoms with van der Waals surface area (Å²) in [6.07, 6.45) is 6.27. The Balaban J connectivity index is 1.41. The number of nitrogens with zero attached hydrogens (tertiary/aromatic N) is 2. The zero-order valence-electron chi connectivity index (χ0n) is 23.5. The van der Waals surface area contributed by atoms with Gasteiger partial charge in [0, 0.05) is 24.0 Å². The van der Waals surface area contributed by atoms with Gasteiger partial charge in [-0.15, -0.1) is 0 Å². The number of benzene rings is 1. The fourth-order valence-corrected chi connectivity index (χ4v) is 6.16. The second-order valence-corrected chi connectivity index (χ2v) is 11.2. The number of amides is 3. The van der Waals surface area contributed by atoms with E-state index in [1.54, 1.807) is 6.07 Å². The molecule has 226 valence electrons. The van der Waals surface area contributed by atoms with E-state index in [0.717, 1.165) is 31.1 Å². The first-order valence-corrected chi connectivity index (χ1v) is 14.6. The molecule has 5 atom stereocenters. The summed E-state index contributed by atoms with van der Waals surface area (Å²) in [6, 6.07) is 5.45. The van der Waals surface area contributed by atoms with Crippen molar-refractivity contribution >= 4 is 40.6 Å². The van der Waals surface area contributed by atoms with Gasteiger partial charge in [0.25, 0.3) is 5.91 Å². The zero-order chi connectivity index (χ0) is 30.2. The molecule has 1 saturated carbocycles. The molecule has 2 aromatic rings. The van der Waals surface area contributed by atoms with E-state index < -0.39 is 47.8 Å². The summed E-state index contributed by atoms with van der Waals surface area (Å²) < 4.78 is 0. The SMILES string of the molecule is NCCCC[C@H](NC(=O)c1cnc2ccccc2c1)C(=O)N[C@H](CCC(=O)N1[C@H](C(=O)O)C[C@@H]2CCCC[C@@H]21)C(=O)O. The van der Waals surface area contributed by atoms with Crippen molar-refractivity contribution in [2.45, 2.75) is 88.4 Å². The lowest BCUT2D eigenvalue weighted by Gasteiger charge is -2.33. The average Bonchev–Trinajstić information content (AvgIpc) is 3.38. The zero-order valence-corrected chi connectivity index (χ0v) is 23.5. The number of hydrogen-bond donors (Lipinski definition) is 5. The minimum atomic E-state index is -1.40. The first-order valence-electron chi connectivity index (χ1n) is 14.6. The van der Waals surface area contributed by atoms with Gasteiger partial charge in [0.05, 0.1) is 11.1 Å². The normalized spacial score (nSPS) is 21.3. The van der Waals surface area contributed by atoms with Crippen LogP contribution in [0.25, 0.3) is 10.9 Å². The van der Waals surface area contributed by atoms with Gasteiger partial charge in [0.2, 0.25) is 11.8 Å². The number of aromatic nitrogens is 1. The summed E-state index contributed by atoms with van der Waals surface area (Å²) in [7, 11) is 0. The number of rotatable bonds is 13. The number of carbonyl (C=O) groups excluding carboxylic acids is 3. The highest BCUT2D eigenvalue weighted by molar-refractivity contribution is 6.00. The van der Waals surface area contributed by atoms with Gasteiger partial charge in [0.15, 0.2) is 0 Å². The number of nitrogens with two attached hydrogens (primary N) is 1. The smallest absolute Gasteiger partial charge is 0.326 e. The molecule has 12 heteroatoms. The molecular formula is C30H39N5O7. The number of likely N-dealkylation sites (tertiary alicyclic amines) is 1. The molecular weight excluding hydrogens is 542 g/mol. The molecule has 42 heavy (non-hydrogen) atoms. The predicted molar refractivity (Wildman–Crippen MR) is 153 cm³/mol. The van der Waals surface area contributed by atoms with E-state index >= 15 is 0 Å². The number of para-hydroxylation sites is 1. The van der Waals surface area contributed by atoms with E-state index in [9.17, 15) is 34.2 Å². The van der Waals surface area contributed by atoms with Crippen molar-refractivity contribution in [3.8, 4) is 0 Å². The van der Waals surface area contributed by atoms with Crippen molar-refractivity contribution in [2.24, 2.45) is 11.7 Å². The van der Waals surface area contributed by atoms with Crippen LogP contribution in [0.2, 0.25) is 0 Å². The summed E-state index contributed by atoms with van der Waals surface area (Å²) in [5.74, 6) is -3.89. The molecule has 0 bridgehead atoms. The number of nitrogens with one attached hydrogen (secondary N) is 2. The van der Waals surface area contributed by atoms with Crippen LogP contribution in [0.3, 0.4) is 0 Å². The van der Waals surface area contributed by atoms with Gasteiger partial charge < -0.3 is 31.5 Å². The number of unbranched alkanes of at least 4 members (excludes halogenated alkanes) is 1. The van der Waals surface area contributed by atoms with Gasteiger partial charge >= 0.3 is 11.9 Å². The molecule has 1 aromatic carbocycles. The summed E-state index contributed by atoms with van der Waals surface area (Å²) in [5, 5.41) is 25.5. The molecule has 4 rings (SSSR count). The number of pyridine rings is 1. The largest absolute Gasteiger partial charge is 0.480 e. The van der Waals surface area contributed by atoms with Crippen LogP contribution in [0, 0.1) is 5.92 Å². The molecule has 1 saturated heterocycles. The molecule has 1 aliphatic carbocycles. The van der Waals surface area contributed by atoms with Crippen LogP contribution in [0.1, 0.15) is 74.6 Å². The topological polar surface area (TPSA) is 192 Å². The Labute approximate surface area is 244 Å². The Morgan fingerprint density at radius 2 is 1.76 bits per heavy atom. The van der Waals surface area contributed by atoms with Gasteiger partial charge in [-0.05, 0) is 69.5 Å². The Morgan fingerprint density at radius 1 is 1.00 bits per heavy atom. The van der Waals surface area contributed by atoms with Crippen molar-refractivity contribution in [1.82, 2.24) is 20.5 Å². The van der Waals surface area contributed by atoms with Crippen LogP contribution in [0.15, 0.2) is 36.5 Å². The van der Waals surface area contributed by atoms with Crippen LogP contribution in [-0.4, -0.2) is 80.5 Å². The lowest BCUT2D eigenvalue weighted by Crippen LogP contribution is -2.52. The molecule has 3 amide bonds. The number of aliphatic carboxylic acids is 2. The third-order valence-corrected chi connectivity index (χ3v) is 8.34. The summed E-state index contributed by atoms with van der Waals surface area (Å²) in [5.41, 5.74) is 6.57. The lowest BCUT2D eigenvalue weighted by atomic mass is 9.84. The molecule has 0 radical (unpaired) electrons. The third-order valence-electron chi connectivity index (χ3n) is 8.34. The number of carbonyl (C=O) groups is 5. The van der Waals surface area contributed by atoms with Crippen LogP contribution in [0.4, 0.5) is 0 Å². The number of fused-ring (bicyclic) bond motifs is 2. The van der Waals surface area contributed by atoms with E-state index in [-0.39, 0.29) is 36.8 Å². The first kappa shape index (κ1) is 30.9. The van der Waals surface area contributed by atoms with Crippen molar-refractivity contribution < 1.29 is 34.2 Å². The van der Waals surface area contributed by atoms with Crippen molar-refractivity contribution in [1.29, 1.82) is 0 Å². The Hall–Kier alpha value is -4.06. The lowest BCUT2D eigenvalue weighted by molar-refractivity contribution is -0.150. The summed E-state index contributed by atoms with van der Waals surface area (Å²) in [4.78, 5) is 69.2. The number of carboxylic acid groups (broad SMARTS) is 2. The minimum absolute atomic E-state index is 0.134. The molecule has 0 spiro atoms. The van der Waals surface area contributed by atoms with Gasteiger partial charge in [-0.25, -0.2) is 9.59 Å². The Bertz CT molecular complexity index is 1320. The van der Waals surface area contributed by atoms with Gasteiger partial charge in [0.1, 0.15) is 18.1 Å². The number of carboxylic acids is 2. The molecule has 0 unspecified atom stereocenters. The summed E-state index contributed by atoms with van der Waals surface area (Å²) in [6.45, 7) is 0.395. The van der Waals surface area contributed by atoms with E-state index in [0.29, 0.717) is 31.3 Å². The Morgan fingerprint density at radius 3 is 2.50 bits per heavy atom. The maximum Gasteiger partial charge on any atom is 0.326 e. The quantitative estimate of drug-likeness (QED) is 0.220. The van der Waals surface area contributed by atoms with E-state index in [1.165, 1.54) is 11.1 Å². The molecule has 2 heterocycles. The minimum Gasteiger partial charge on any atom is -0.480 e. The van der Waals surface area contributed by atoms with Gasteiger partial charge in [-0.3, -0.25) is 19.4 Å².